The number of benzene rings is 1. The van der Waals surface area contributed by atoms with Crippen LogP contribution in [0.2, 0.25) is 5.02 Å². The fraction of sp³-hybridized carbons (Fsp3) is 0.333. The molecule has 116 valence electrons. The van der Waals surface area contributed by atoms with Crippen molar-refractivity contribution < 1.29 is 14.6 Å². The van der Waals surface area contributed by atoms with E-state index < -0.39 is 11.5 Å². The number of carboxylic acid groups (broad SMARTS) is 1. The van der Waals surface area contributed by atoms with Crippen molar-refractivity contribution in [3.63, 3.8) is 0 Å². The number of ether oxygens (including phenoxy) is 1. The normalized spacial score (nSPS) is 15.3. The lowest BCUT2D eigenvalue weighted by molar-refractivity contribution is 0.0694. The third-order valence-corrected chi connectivity index (χ3v) is 4.11. The predicted molar refractivity (Wildman–Crippen MR) is 84.2 cm³/mol. The molecule has 0 spiro atoms. The van der Waals surface area contributed by atoms with Crippen LogP contribution in [0.3, 0.4) is 0 Å². The molecular formula is C15H15ClN2O4. The van der Waals surface area contributed by atoms with Crippen LogP contribution in [-0.2, 0) is 11.8 Å². The SMILES string of the molecule is Cn1c(=O)c(C(=O)O)c(N2CCOCC2)c2cc(Cl)ccc21. The zero-order valence-corrected chi connectivity index (χ0v) is 12.8. The summed E-state index contributed by atoms with van der Waals surface area (Å²) in [5, 5.41) is 10.7. The first-order valence-corrected chi connectivity index (χ1v) is 7.26. The third kappa shape index (κ3) is 2.34. The van der Waals surface area contributed by atoms with Gasteiger partial charge in [-0.3, -0.25) is 4.79 Å². The molecule has 6 nitrogen and oxygen atoms in total. The Kier molecular flexibility index (Phi) is 3.80. The molecule has 1 aliphatic heterocycles. The van der Waals surface area contributed by atoms with Crippen molar-refractivity contribution in [3.8, 4) is 0 Å². The summed E-state index contributed by atoms with van der Waals surface area (Å²) in [5.74, 6) is -1.23. The second kappa shape index (κ2) is 5.62. The lowest BCUT2D eigenvalue weighted by Crippen LogP contribution is -2.39. The Morgan fingerprint density at radius 2 is 2.00 bits per heavy atom. The van der Waals surface area contributed by atoms with Crippen molar-refractivity contribution in [1.29, 1.82) is 0 Å². The van der Waals surface area contributed by atoms with Crippen LogP contribution in [-0.4, -0.2) is 41.9 Å². The second-order valence-electron chi connectivity index (χ2n) is 5.15. The second-order valence-corrected chi connectivity index (χ2v) is 5.59. The molecule has 1 fully saturated rings. The number of nitrogens with zero attached hydrogens (tertiary/aromatic N) is 2. The first-order valence-electron chi connectivity index (χ1n) is 6.89. The summed E-state index contributed by atoms with van der Waals surface area (Å²) in [5.41, 5.74) is 0.334. The van der Waals surface area contributed by atoms with Crippen LogP contribution in [0.25, 0.3) is 10.9 Å². The number of rotatable bonds is 2. The van der Waals surface area contributed by atoms with Gasteiger partial charge in [0.2, 0.25) is 0 Å². The summed E-state index contributed by atoms with van der Waals surface area (Å²) >= 11 is 6.08. The topological polar surface area (TPSA) is 71.8 Å². The van der Waals surface area contributed by atoms with E-state index >= 15 is 0 Å². The van der Waals surface area contributed by atoms with Gasteiger partial charge in [-0.1, -0.05) is 11.6 Å². The molecule has 0 bridgehead atoms. The van der Waals surface area contributed by atoms with Gasteiger partial charge in [-0.2, -0.15) is 0 Å². The lowest BCUT2D eigenvalue weighted by Gasteiger charge is -2.31. The van der Waals surface area contributed by atoms with E-state index in [1.54, 1.807) is 25.2 Å². The molecule has 1 saturated heterocycles. The molecule has 1 N–H and O–H groups in total. The number of morpholine rings is 1. The van der Waals surface area contributed by atoms with Crippen LogP contribution in [0, 0.1) is 0 Å². The molecule has 7 heteroatoms. The fourth-order valence-corrected chi connectivity index (χ4v) is 2.98. The summed E-state index contributed by atoms with van der Waals surface area (Å²) in [6.45, 7) is 2.07. The van der Waals surface area contributed by atoms with Gasteiger partial charge in [0.15, 0.2) is 0 Å². The monoisotopic (exact) mass is 322 g/mol. The van der Waals surface area contributed by atoms with E-state index in [0.717, 1.165) is 0 Å². The third-order valence-electron chi connectivity index (χ3n) is 3.87. The maximum atomic E-state index is 12.5. The summed E-state index contributed by atoms with van der Waals surface area (Å²) in [6, 6.07) is 5.12. The highest BCUT2D eigenvalue weighted by molar-refractivity contribution is 6.31. The summed E-state index contributed by atoms with van der Waals surface area (Å²) in [4.78, 5) is 26.0. The Bertz CT molecular complexity index is 809. The van der Waals surface area contributed by atoms with Gasteiger partial charge in [0.05, 0.1) is 24.4 Å². The molecule has 1 aromatic heterocycles. The van der Waals surface area contributed by atoms with Crippen LogP contribution in [0.1, 0.15) is 10.4 Å². The number of carbonyl (C=O) groups is 1. The van der Waals surface area contributed by atoms with Gasteiger partial charge < -0.3 is 19.3 Å². The highest BCUT2D eigenvalue weighted by Gasteiger charge is 2.26. The quantitative estimate of drug-likeness (QED) is 0.911. The molecule has 22 heavy (non-hydrogen) atoms. The molecule has 1 aliphatic rings. The van der Waals surface area contributed by atoms with Gasteiger partial charge in [-0.15, -0.1) is 0 Å². The summed E-state index contributed by atoms with van der Waals surface area (Å²) in [7, 11) is 1.56. The van der Waals surface area contributed by atoms with Crippen LogP contribution >= 0.6 is 11.6 Å². The number of anilines is 1. The molecule has 0 radical (unpaired) electrons. The lowest BCUT2D eigenvalue weighted by atomic mass is 10.1. The summed E-state index contributed by atoms with van der Waals surface area (Å²) < 4.78 is 6.66. The van der Waals surface area contributed by atoms with Crippen molar-refractivity contribution >= 4 is 34.2 Å². The Morgan fingerprint density at radius 3 is 2.64 bits per heavy atom. The Hall–Kier alpha value is -2.05. The molecule has 1 aromatic carbocycles. The molecule has 0 unspecified atom stereocenters. The van der Waals surface area contributed by atoms with Crippen LogP contribution in [0.4, 0.5) is 5.69 Å². The Balaban J connectivity index is 2.41. The number of aryl methyl sites for hydroxylation is 1. The maximum Gasteiger partial charge on any atom is 0.343 e. The first-order chi connectivity index (χ1) is 10.5. The van der Waals surface area contributed by atoms with Gasteiger partial charge in [-0.05, 0) is 18.2 Å². The number of halogens is 1. The molecule has 0 aliphatic carbocycles. The average Bonchev–Trinajstić information content (AvgIpc) is 2.51. The van der Waals surface area contributed by atoms with E-state index in [1.807, 2.05) is 4.90 Å². The highest BCUT2D eigenvalue weighted by atomic mass is 35.5. The van der Waals surface area contributed by atoms with E-state index in [-0.39, 0.29) is 5.56 Å². The zero-order chi connectivity index (χ0) is 15.9. The molecule has 0 atom stereocenters. The largest absolute Gasteiger partial charge is 0.477 e. The first kappa shape index (κ1) is 14.9. The van der Waals surface area contributed by atoms with Crippen molar-refractivity contribution in [1.82, 2.24) is 4.57 Å². The standard InChI is InChI=1S/C15H15ClN2O4/c1-17-11-3-2-9(16)8-10(11)13(12(14(17)19)15(20)21)18-4-6-22-7-5-18/h2-3,8H,4-7H2,1H3,(H,20,21). The minimum atomic E-state index is -1.23. The van der Waals surface area contributed by atoms with Crippen molar-refractivity contribution in [2.24, 2.45) is 7.05 Å². The van der Waals surface area contributed by atoms with Gasteiger partial charge >= 0.3 is 5.97 Å². The van der Waals surface area contributed by atoms with E-state index in [0.29, 0.717) is 47.9 Å². The molecule has 2 heterocycles. The number of fused-ring (bicyclic) bond motifs is 1. The summed E-state index contributed by atoms with van der Waals surface area (Å²) in [6.07, 6.45) is 0. The number of aromatic nitrogens is 1. The molecule has 0 amide bonds. The molecular weight excluding hydrogens is 308 g/mol. The van der Waals surface area contributed by atoms with Gasteiger partial charge in [0.1, 0.15) is 5.56 Å². The van der Waals surface area contributed by atoms with Gasteiger partial charge in [0, 0.05) is 30.5 Å². The molecule has 0 saturated carbocycles. The van der Waals surface area contributed by atoms with E-state index in [4.69, 9.17) is 16.3 Å². The number of pyridine rings is 1. The van der Waals surface area contributed by atoms with Crippen LogP contribution in [0.5, 0.6) is 0 Å². The van der Waals surface area contributed by atoms with Crippen LogP contribution in [0.15, 0.2) is 23.0 Å². The van der Waals surface area contributed by atoms with E-state index in [1.165, 1.54) is 4.57 Å². The highest BCUT2D eigenvalue weighted by Crippen LogP contribution is 2.31. The van der Waals surface area contributed by atoms with E-state index in [2.05, 4.69) is 0 Å². The molecule has 2 aromatic rings. The number of carboxylic acids is 1. The maximum absolute atomic E-state index is 12.5. The van der Waals surface area contributed by atoms with Crippen LogP contribution < -0.4 is 10.5 Å². The predicted octanol–water partition coefficient (Wildman–Crippen LogP) is 1.73. The van der Waals surface area contributed by atoms with Crippen molar-refractivity contribution in [2.45, 2.75) is 0 Å². The Labute approximate surface area is 131 Å². The van der Waals surface area contributed by atoms with Gasteiger partial charge in [-0.25, -0.2) is 4.79 Å². The Morgan fingerprint density at radius 1 is 1.32 bits per heavy atom. The number of hydrogen-bond donors (Lipinski definition) is 1. The minimum absolute atomic E-state index is 0.223. The minimum Gasteiger partial charge on any atom is -0.477 e. The van der Waals surface area contributed by atoms with Crippen molar-refractivity contribution in [3.05, 3.63) is 39.1 Å². The van der Waals surface area contributed by atoms with E-state index in [9.17, 15) is 14.7 Å². The smallest absolute Gasteiger partial charge is 0.343 e. The average molecular weight is 323 g/mol. The molecule has 3 rings (SSSR count). The van der Waals surface area contributed by atoms with Gasteiger partial charge in [0.25, 0.3) is 5.56 Å². The zero-order valence-electron chi connectivity index (χ0n) is 12.0. The van der Waals surface area contributed by atoms with Crippen molar-refractivity contribution in [2.75, 3.05) is 31.2 Å². The number of hydrogen-bond acceptors (Lipinski definition) is 4. The fourth-order valence-electron chi connectivity index (χ4n) is 2.81. The number of aromatic carboxylic acids is 1.